The molecule has 1 aromatic rings. The quantitative estimate of drug-likeness (QED) is 0.572. The van der Waals surface area contributed by atoms with Crippen LogP contribution in [0.4, 0.5) is 5.69 Å². The Morgan fingerprint density at radius 3 is 2.61 bits per heavy atom. The van der Waals surface area contributed by atoms with Crippen LogP contribution in [0.2, 0.25) is 0 Å². The zero-order chi connectivity index (χ0) is 13.6. The normalized spacial score (nSPS) is 11.1. The second kappa shape index (κ2) is 6.32. The van der Waals surface area contributed by atoms with Gasteiger partial charge in [-0.05, 0) is 18.6 Å². The van der Waals surface area contributed by atoms with Crippen molar-refractivity contribution in [3.63, 3.8) is 0 Å². The van der Waals surface area contributed by atoms with Crippen LogP contribution in [-0.2, 0) is 0 Å². The fourth-order valence-corrected chi connectivity index (χ4v) is 1.51. The predicted molar refractivity (Wildman–Crippen MR) is 68.4 cm³/mol. The Hall–Kier alpha value is -1.66. The zero-order valence-electron chi connectivity index (χ0n) is 10.6. The van der Waals surface area contributed by atoms with Crippen LogP contribution < -0.4 is 10.6 Å². The summed E-state index contributed by atoms with van der Waals surface area (Å²) in [5.41, 5.74) is 0.123. The van der Waals surface area contributed by atoms with E-state index in [9.17, 15) is 15.0 Å². The highest BCUT2D eigenvalue weighted by atomic mass is 16.3. The molecule has 1 heterocycles. The largest absolute Gasteiger partial charge is 0.394 e. The fourth-order valence-electron chi connectivity index (χ4n) is 1.51. The van der Waals surface area contributed by atoms with Crippen LogP contribution in [0.25, 0.3) is 0 Å². The minimum absolute atomic E-state index is 0.197. The molecule has 1 amide bonds. The molecule has 100 valence electrons. The van der Waals surface area contributed by atoms with E-state index in [2.05, 4.69) is 15.6 Å². The van der Waals surface area contributed by atoms with Gasteiger partial charge >= 0.3 is 0 Å². The third-order valence-corrected chi connectivity index (χ3v) is 2.91. The summed E-state index contributed by atoms with van der Waals surface area (Å²) in [4.78, 5) is 15.4. The topological polar surface area (TPSA) is 94.5 Å². The maximum atomic E-state index is 11.4. The Morgan fingerprint density at radius 1 is 1.44 bits per heavy atom. The van der Waals surface area contributed by atoms with Gasteiger partial charge < -0.3 is 20.8 Å². The van der Waals surface area contributed by atoms with Crippen molar-refractivity contribution in [3.05, 3.63) is 24.0 Å². The number of aliphatic hydroxyl groups excluding tert-OH is 2. The number of aromatic nitrogens is 1. The van der Waals surface area contributed by atoms with E-state index in [1.807, 2.05) is 6.92 Å². The van der Waals surface area contributed by atoms with Crippen molar-refractivity contribution < 1.29 is 15.0 Å². The van der Waals surface area contributed by atoms with Crippen LogP contribution in [0, 0.1) is 0 Å². The second-order valence-corrected chi connectivity index (χ2v) is 4.08. The highest BCUT2D eigenvalue weighted by Crippen LogP contribution is 2.18. The standard InChI is InChI=1S/C12H19N3O3/c1-3-12(7-16,8-17)15-9-4-5-14-10(6-9)11(18)13-2/h4-6,16-17H,3,7-8H2,1-2H3,(H,13,18)(H,14,15). The smallest absolute Gasteiger partial charge is 0.269 e. The van der Waals surface area contributed by atoms with Gasteiger partial charge in [-0.15, -0.1) is 0 Å². The molecule has 4 N–H and O–H groups in total. The molecule has 0 fully saturated rings. The Bertz CT molecular complexity index is 397. The lowest BCUT2D eigenvalue weighted by molar-refractivity contribution is 0.0958. The summed E-state index contributed by atoms with van der Waals surface area (Å²) in [6.07, 6.45) is 2.06. The van der Waals surface area contributed by atoms with Gasteiger partial charge in [0, 0.05) is 18.9 Å². The maximum Gasteiger partial charge on any atom is 0.269 e. The fraction of sp³-hybridized carbons (Fsp3) is 0.500. The van der Waals surface area contributed by atoms with Crippen molar-refractivity contribution in [3.8, 4) is 0 Å². The molecule has 0 radical (unpaired) electrons. The molecule has 0 saturated heterocycles. The number of hydrogen-bond acceptors (Lipinski definition) is 5. The van der Waals surface area contributed by atoms with Crippen LogP contribution in [0.1, 0.15) is 23.8 Å². The first kappa shape index (κ1) is 14.4. The number of pyridine rings is 1. The van der Waals surface area contributed by atoms with Crippen molar-refractivity contribution in [1.29, 1.82) is 0 Å². The van der Waals surface area contributed by atoms with E-state index in [-0.39, 0.29) is 24.8 Å². The highest BCUT2D eigenvalue weighted by molar-refractivity contribution is 5.92. The molecule has 0 aromatic carbocycles. The predicted octanol–water partition coefficient (Wildman–Crippen LogP) is -0.0135. The number of nitrogens with one attached hydrogen (secondary N) is 2. The molecule has 0 aliphatic rings. The SMILES string of the molecule is CCC(CO)(CO)Nc1ccnc(C(=O)NC)c1. The first-order valence-corrected chi connectivity index (χ1v) is 5.79. The third-order valence-electron chi connectivity index (χ3n) is 2.91. The monoisotopic (exact) mass is 253 g/mol. The van der Waals surface area contributed by atoms with Gasteiger partial charge in [0.05, 0.1) is 18.8 Å². The molecule has 0 bridgehead atoms. The Balaban J connectivity index is 2.93. The number of rotatable bonds is 6. The van der Waals surface area contributed by atoms with E-state index in [4.69, 9.17) is 0 Å². The van der Waals surface area contributed by atoms with Gasteiger partial charge in [-0.1, -0.05) is 6.92 Å². The summed E-state index contributed by atoms with van der Waals surface area (Å²) in [5.74, 6) is -0.284. The van der Waals surface area contributed by atoms with Crippen LogP contribution in [0.15, 0.2) is 18.3 Å². The van der Waals surface area contributed by atoms with Crippen LogP contribution in [-0.4, -0.2) is 46.9 Å². The van der Waals surface area contributed by atoms with E-state index in [1.165, 1.54) is 13.2 Å². The first-order chi connectivity index (χ1) is 8.60. The molecule has 6 heteroatoms. The molecule has 1 rings (SSSR count). The van der Waals surface area contributed by atoms with Crippen LogP contribution >= 0.6 is 0 Å². The van der Waals surface area contributed by atoms with Crippen molar-refractivity contribution in [2.45, 2.75) is 18.9 Å². The highest BCUT2D eigenvalue weighted by Gasteiger charge is 2.26. The summed E-state index contributed by atoms with van der Waals surface area (Å²) < 4.78 is 0. The second-order valence-electron chi connectivity index (χ2n) is 4.08. The number of anilines is 1. The molecular formula is C12H19N3O3. The molecule has 0 unspecified atom stereocenters. The molecule has 0 saturated carbocycles. The molecule has 0 aliphatic heterocycles. The van der Waals surface area contributed by atoms with Gasteiger partial charge in [0.15, 0.2) is 0 Å². The van der Waals surface area contributed by atoms with Gasteiger partial charge in [0.2, 0.25) is 0 Å². The van der Waals surface area contributed by atoms with E-state index >= 15 is 0 Å². The van der Waals surface area contributed by atoms with Crippen molar-refractivity contribution in [2.24, 2.45) is 0 Å². The summed E-state index contributed by atoms with van der Waals surface area (Å²) in [7, 11) is 1.53. The maximum absolute atomic E-state index is 11.4. The lowest BCUT2D eigenvalue weighted by Crippen LogP contribution is -2.45. The number of aliphatic hydroxyl groups is 2. The van der Waals surface area contributed by atoms with Crippen LogP contribution in [0.3, 0.4) is 0 Å². The van der Waals surface area contributed by atoms with Crippen molar-refractivity contribution in [1.82, 2.24) is 10.3 Å². The summed E-state index contributed by atoms with van der Waals surface area (Å²) >= 11 is 0. The average Bonchev–Trinajstić information content (AvgIpc) is 2.44. The van der Waals surface area contributed by atoms with E-state index in [0.29, 0.717) is 12.1 Å². The Kier molecular flexibility index (Phi) is 5.06. The molecule has 0 atom stereocenters. The van der Waals surface area contributed by atoms with Crippen LogP contribution in [0.5, 0.6) is 0 Å². The van der Waals surface area contributed by atoms with Gasteiger partial charge in [-0.3, -0.25) is 9.78 Å². The van der Waals surface area contributed by atoms with Gasteiger partial charge in [-0.2, -0.15) is 0 Å². The van der Waals surface area contributed by atoms with E-state index in [0.717, 1.165) is 0 Å². The van der Waals surface area contributed by atoms with Crippen molar-refractivity contribution in [2.75, 3.05) is 25.6 Å². The Morgan fingerprint density at radius 2 is 2.11 bits per heavy atom. The van der Waals surface area contributed by atoms with E-state index in [1.54, 1.807) is 12.1 Å². The summed E-state index contributed by atoms with van der Waals surface area (Å²) in [6.45, 7) is 1.47. The number of nitrogens with zero attached hydrogens (tertiary/aromatic N) is 1. The lowest BCUT2D eigenvalue weighted by Gasteiger charge is -2.30. The molecule has 6 nitrogen and oxygen atoms in total. The first-order valence-electron chi connectivity index (χ1n) is 5.79. The number of amides is 1. The van der Waals surface area contributed by atoms with Gasteiger partial charge in [-0.25, -0.2) is 0 Å². The molecule has 18 heavy (non-hydrogen) atoms. The number of carbonyl (C=O) groups is 1. The third kappa shape index (κ3) is 3.18. The average molecular weight is 253 g/mol. The van der Waals surface area contributed by atoms with Gasteiger partial charge in [0.1, 0.15) is 5.69 Å². The zero-order valence-corrected chi connectivity index (χ0v) is 10.6. The van der Waals surface area contributed by atoms with Crippen molar-refractivity contribution >= 4 is 11.6 Å². The molecule has 0 aliphatic carbocycles. The molecular weight excluding hydrogens is 234 g/mol. The van der Waals surface area contributed by atoms with E-state index < -0.39 is 5.54 Å². The number of carbonyl (C=O) groups excluding carboxylic acids is 1. The Labute approximate surface area is 106 Å². The lowest BCUT2D eigenvalue weighted by atomic mass is 9.98. The molecule has 1 aromatic heterocycles. The summed E-state index contributed by atoms with van der Waals surface area (Å²) in [5, 5.41) is 24.2. The minimum Gasteiger partial charge on any atom is -0.394 e. The summed E-state index contributed by atoms with van der Waals surface area (Å²) in [6, 6.07) is 3.26. The minimum atomic E-state index is -0.790. The molecule has 0 spiro atoms. The number of hydrogen-bond donors (Lipinski definition) is 4. The van der Waals surface area contributed by atoms with Gasteiger partial charge in [0.25, 0.3) is 5.91 Å².